The maximum atomic E-state index is 5.78. The molecule has 0 saturated carbocycles. The lowest BCUT2D eigenvalue weighted by Crippen LogP contribution is -1.89. The van der Waals surface area contributed by atoms with Gasteiger partial charge in [0.05, 0.1) is 6.20 Å². The molecule has 2 aromatic heterocycles. The Bertz CT molecular complexity index is 655. The second-order valence-corrected chi connectivity index (χ2v) is 3.93. The first kappa shape index (κ1) is 9.84. The molecule has 0 unspecified atom stereocenters. The minimum atomic E-state index is 0.594. The third-order valence-electron chi connectivity index (χ3n) is 2.71. The number of nitrogens with two attached hydrogens (primary N) is 1. The van der Waals surface area contributed by atoms with Gasteiger partial charge in [0.2, 0.25) is 5.89 Å². The third-order valence-corrected chi connectivity index (χ3v) is 2.71. The number of nitrogens with zero attached hydrogens (tertiary/aromatic N) is 2. The van der Waals surface area contributed by atoms with Crippen LogP contribution in [0.1, 0.15) is 5.56 Å². The smallest absolute Gasteiger partial charge is 0.227 e. The second kappa shape index (κ2) is 3.59. The molecule has 17 heavy (non-hydrogen) atoms. The molecule has 0 aliphatic rings. The molecule has 4 heteroatoms. The molecular weight excluding hydrogens is 214 g/mol. The highest BCUT2D eigenvalue weighted by Gasteiger charge is 2.08. The first-order chi connectivity index (χ1) is 8.24. The molecule has 0 saturated heterocycles. The molecule has 0 fully saturated rings. The number of anilines is 1. The van der Waals surface area contributed by atoms with Crippen molar-refractivity contribution in [3.8, 4) is 11.5 Å². The van der Waals surface area contributed by atoms with E-state index in [9.17, 15) is 0 Å². The number of hydrogen-bond acceptors (Lipinski definition) is 4. The molecule has 0 aliphatic heterocycles. The van der Waals surface area contributed by atoms with Crippen molar-refractivity contribution >= 4 is 16.8 Å². The van der Waals surface area contributed by atoms with Gasteiger partial charge in [-0.15, -0.1) is 0 Å². The summed E-state index contributed by atoms with van der Waals surface area (Å²) in [6.07, 6.45) is 3.37. The van der Waals surface area contributed by atoms with Crippen LogP contribution in [0.2, 0.25) is 0 Å². The number of pyridine rings is 1. The molecule has 0 amide bonds. The number of oxazole rings is 1. The highest BCUT2D eigenvalue weighted by molar-refractivity contribution is 5.75. The largest absolute Gasteiger partial charge is 0.436 e. The fourth-order valence-electron chi connectivity index (χ4n) is 1.71. The normalized spacial score (nSPS) is 10.9. The van der Waals surface area contributed by atoms with Gasteiger partial charge in [0.1, 0.15) is 5.52 Å². The summed E-state index contributed by atoms with van der Waals surface area (Å²) >= 11 is 0. The van der Waals surface area contributed by atoms with Gasteiger partial charge in [-0.3, -0.25) is 4.98 Å². The number of aryl methyl sites for hydroxylation is 1. The number of rotatable bonds is 1. The van der Waals surface area contributed by atoms with E-state index in [0.29, 0.717) is 5.89 Å². The molecule has 2 N–H and O–H groups in total. The standard InChI is InChI=1S/C13H11N3O/c1-8-6-9(2-3-10(8)14)13-16-11-7-15-5-4-12(11)17-13/h2-7H,14H2,1H3. The van der Waals surface area contributed by atoms with Crippen molar-refractivity contribution in [2.24, 2.45) is 0 Å². The van der Waals surface area contributed by atoms with Gasteiger partial charge in [0.25, 0.3) is 0 Å². The Hall–Kier alpha value is -2.36. The number of nitrogen functional groups attached to an aromatic ring is 1. The van der Waals surface area contributed by atoms with Crippen LogP contribution in [0.5, 0.6) is 0 Å². The molecule has 4 nitrogen and oxygen atoms in total. The van der Waals surface area contributed by atoms with Gasteiger partial charge in [0, 0.05) is 23.5 Å². The Balaban J connectivity index is 2.17. The lowest BCUT2D eigenvalue weighted by Gasteiger charge is -2.00. The van der Waals surface area contributed by atoms with E-state index in [-0.39, 0.29) is 0 Å². The third kappa shape index (κ3) is 1.63. The van der Waals surface area contributed by atoms with Gasteiger partial charge < -0.3 is 10.2 Å². The number of benzene rings is 1. The summed E-state index contributed by atoms with van der Waals surface area (Å²) in [6, 6.07) is 7.53. The van der Waals surface area contributed by atoms with E-state index in [1.54, 1.807) is 18.5 Å². The van der Waals surface area contributed by atoms with Gasteiger partial charge in [-0.2, -0.15) is 0 Å². The van der Waals surface area contributed by atoms with Gasteiger partial charge in [-0.05, 0) is 30.7 Å². The summed E-state index contributed by atoms with van der Waals surface area (Å²) in [5, 5.41) is 0. The van der Waals surface area contributed by atoms with Crippen LogP contribution >= 0.6 is 0 Å². The molecule has 2 heterocycles. The fraction of sp³-hybridized carbons (Fsp3) is 0.0769. The predicted molar refractivity (Wildman–Crippen MR) is 66.4 cm³/mol. The maximum Gasteiger partial charge on any atom is 0.227 e. The predicted octanol–water partition coefficient (Wildman–Crippen LogP) is 2.78. The van der Waals surface area contributed by atoms with Crippen molar-refractivity contribution in [2.45, 2.75) is 6.92 Å². The molecule has 0 atom stereocenters. The van der Waals surface area contributed by atoms with Crippen molar-refractivity contribution in [1.29, 1.82) is 0 Å². The van der Waals surface area contributed by atoms with E-state index < -0.39 is 0 Å². The number of aromatic nitrogens is 2. The van der Waals surface area contributed by atoms with E-state index in [1.807, 2.05) is 25.1 Å². The van der Waals surface area contributed by atoms with E-state index in [0.717, 1.165) is 27.9 Å². The Morgan fingerprint density at radius 1 is 1.24 bits per heavy atom. The first-order valence-electron chi connectivity index (χ1n) is 5.31. The molecule has 0 spiro atoms. The van der Waals surface area contributed by atoms with Crippen LogP contribution in [0.3, 0.4) is 0 Å². The van der Waals surface area contributed by atoms with Crippen LogP contribution in [-0.4, -0.2) is 9.97 Å². The Kier molecular flexibility index (Phi) is 2.08. The topological polar surface area (TPSA) is 64.9 Å². The molecule has 0 radical (unpaired) electrons. The monoisotopic (exact) mass is 225 g/mol. The van der Waals surface area contributed by atoms with Crippen LogP contribution in [-0.2, 0) is 0 Å². The van der Waals surface area contributed by atoms with Crippen molar-refractivity contribution in [2.75, 3.05) is 5.73 Å². The second-order valence-electron chi connectivity index (χ2n) is 3.93. The molecule has 0 bridgehead atoms. The average Bonchev–Trinajstić information content (AvgIpc) is 2.76. The SMILES string of the molecule is Cc1cc(-c2nc3cnccc3o2)ccc1N. The summed E-state index contributed by atoms with van der Waals surface area (Å²) < 4.78 is 5.66. The quantitative estimate of drug-likeness (QED) is 0.647. The van der Waals surface area contributed by atoms with Crippen molar-refractivity contribution < 1.29 is 4.42 Å². The minimum Gasteiger partial charge on any atom is -0.436 e. The van der Waals surface area contributed by atoms with E-state index in [2.05, 4.69) is 9.97 Å². The molecular formula is C13H11N3O. The Labute approximate surface area is 98.1 Å². The van der Waals surface area contributed by atoms with Crippen LogP contribution in [0, 0.1) is 6.92 Å². The van der Waals surface area contributed by atoms with Crippen LogP contribution in [0.25, 0.3) is 22.6 Å². The zero-order valence-corrected chi connectivity index (χ0v) is 9.34. The zero-order valence-electron chi connectivity index (χ0n) is 9.34. The summed E-state index contributed by atoms with van der Waals surface area (Å²) in [7, 11) is 0. The van der Waals surface area contributed by atoms with Gasteiger partial charge in [0.15, 0.2) is 5.58 Å². The molecule has 1 aromatic carbocycles. The number of fused-ring (bicyclic) bond motifs is 1. The summed E-state index contributed by atoms with van der Waals surface area (Å²) in [6.45, 7) is 1.96. The molecule has 0 aliphatic carbocycles. The molecule has 3 aromatic rings. The summed E-state index contributed by atoms with van der Waals surface area (Å²) in [5.41, 5.74) is 9.99. The van der Waals surface area contributed by atoms with Gasteiger partial charge in [-0.25, -0.2) is 4.98 Å². The van der Waals surface area contributed by atoms with Crippen LogP contribution in [0.4, 0.5) is 5.69 Å². The summed E-state index contributed by atoms with van der Waals surface area (Å²) in [5.74, 6) is 0.594. The highest BCUT2D eigenvalue weighted by atomic mass is 16.3. The minimum absolute atomic E-state index is 0.594. The molecule has 3 rings (SSSR count). The fourth-order valence-corrected chi connectivity index (χ4v) is 1.71. The van der Waals surface area contributed by atoms with Crippen LogP contribution < -0.4 is 5.73 Å². The first-order valence-corrected chi connectivity index (χ1v) is 5.31. The zero-order chi connectivity index (χ0) is 11.8. The summed E-state index contributed by atoms with van der Waals surface area (Å²) in [4.78, 5) is 8.39. The Morgan fingerprint density at radius 3 is 2.88 bits per heavy atom. The van der Waals surface area contributed by atoms with E-state index in [4.69, 9.17) is 10.2 Å². The van der Waals surface area contributed by atoms with Gasteiger partial charge >= 0.3 is 0 Å². The average molecular weight is 225 g/mol. The van der Waals surface area contributed by atoms with Crippen molar-refractivity contribution in [3.63, 3.8) is 0 Å². The highest BCUT2D eigenvalue weighted by Crippen LogP contribution is 2.25. The van der Waals surface area contributed by atoms with Crippen LogP contribution in [0.15, 0.2) is 41.1 Å². The van der Waals surface area contributed by atoms with Crippen molar-refractivity contribution in [1.82, 2.24) is 9.97 Å². The molecule has 84 valence electrons. The lowest BCUT2D eigenvalue weighted by molar-refractivity contribution is 0.619. The lowest BCUT2D eigenvalue weighted by atomic mass is 10.1. The maximum absolute atomic E-state index is 5.78. The van der Waals surface area contributed by atoms with E-state index in [1.165, 1.54) is 0 Å². The Morgan fingerprint density at radius 2 is 2.12 bits per heavy atom. The van der Waals surface area contributed by atoms with E-state index >= 15 is 0 Å². The van der Waals surface area contributed by atoms with Crippen molar-refractivity contribution in [3.05, 3.63) is 42.2 Å². The number of hydrogen-bond donors (Lipinski definition) is 1. The van der Waals surface area contributed by atoms with Gasteiger partial charge in [-0.1, -0.05) is 0 Å².